The van der Waals surface area contributed by atoms with Crippen LogP contribution in [-0.4, -0.2) is 24.6 Å². The second kappa shape index (κ2) is 4.33. The lowest BCUT2D eigenvalue weighted by Gasteiger charge is -2.31. The summed E-state index contributed by atoms with van der Waals surface area (Å²) in [5.41, 5.74) is 0.497. The molecular weight excluding hydrogens is 234 g/mol. The minimum absolute atomic E-state index is 0.182. The predicted octanol–water partition coefficient (Wildman–Crippen LogP) is 1.51. The van der Waals surface area contributed by atoms with E-state index in [0.29, 0.717) is 11.4 Å². The molecule has 96 valence electrons. The Kier molecular flexibility index (Phi) is 2.98. The maximum absolute atomic E-state index is 11.7. The number of methoxy groups -OCH3 is 1. The Morgan fingerprint density at radius 3 is 2.83 bits per heavy atom. The zero-order valence-corrected chi connectivity index (χ0v) is 10.6. The molecule has 1 heterocycles. The monoisotopic (exact) mass is 249 g/mol. The molecule has 1 aromatic rings. The molecule has 0 radical (unpaired) electrons. The Balaban J connectivity index is 2.27. The van der Waals surface area contributed by atoms with Crippen LogP contribution in [0, 0.1) is 0 Å². The van der Waals surface area contributed by atoms with Crippen molar-refractivity contribution < 1.29 is 19.1 Å². The van der Waals surface area contributed by atoms with Crippen molar-refractivity contribution in [3.05, 3.63) is 23.8 Å². The van der Waals surface area contributed by atoms with Crippen LogP contribution in [0.4, 0.5) is 5.69 Å². The average molecular weight is 249 g/mol. The molecule has 1 amide bonds. The minimum Gasteiger partial charge on any atom is -0.476 e. The lowest BCUT2D eigenvalue weighted by Crippen LogP contribution is -2.45. The van der Waals surface area contributed by atoms with Gasteiger partial charge < -0.3 is 14.8 Å². The molecule has 0 aliphatic carbocycles. The first-order valence-corrected chi connectivity index (χ1v) is 5.62. The molecule has 5 nitrogen and oxygen atoms in total. The molecule has 2 rings (SSSR count). The summed E-state index contributed by atoms with van der Waals surface area (Å²) >= 11 is 0. The molecule has 5 heteroatoms. The first kappa shape index (κ1) is 12.4. The van der Waals surface area contributed by atoms with Crippen LogP contribution in [0.25, 0.3) is 0 Å². The van der Waals surface area contributed by atoms with E-state index in [0.717, 1.165) is 5.56 Å². The SMILES string of the molecule is COC(=O)Cc1ccc2c(c1)OC(C)(C)C(=O)N2. The molecule has 0 saturated heterocycles. The average Bonchev–Trinajstić information content (AvgIpc) is 2.30. The second-order valence-corrected chi connectivity index (χ2v) is 4.65. The molecule has 1 aromatic carbocycles. The van der Waals surface area contributed by atoms with Gasteiger partial charge in [-0.15, -0.1) is 0 Å². The number of rotatable bonds is 2. The van der Waals surface area contributed by atoms with Gasteiger partial charge in [0.05, 0.1) is 19.2 Å². The second-order valence-electron chi connectivity index (χ2n) is 4.65. The largest absolute Gasteiger partial charge is 0.476 e. The molecule has 1 aliphatic heterocycles. The zero-order valence-electron chi connectivity index (χ0n) is 10.6. The van der Waals surface area contributed by atoms with E-state index in [1.54, 1.807) is 32.0 Å². The van der Waals surface area contributed by atoms with Crippen LogP contribution in [0.1, 0.15) is 19.4 Å². The van der Waals surface area contributed by atoms with Crippen LogP contribution in [0.2, 0.25) is 0 Å². The number of benzene rings is 1. The van der Waals surface area contributed by atoms with Gasteiger partial charge in [-0.3, -0.25) is 9.59 Å². The Morgan fingerprint density at radius 2 is 2.17 bits per heavy atom. The number of carbonyl (C=O) groups is 2. The number of anilines is 1. The quantitative estimate of drug-likeness (QED) is 0.807. The van der Waals surface area contributed by atoms with Gasteiger partial charge in [0.25, 0.3) is 5.91 Å². The van der Waals surface area contributed by atoms with E-state index in [1.165, 1.54) is 7.11 Å². The third-order valence-electron chi connectivity index (χ3n) is 2.78. The highest BCUT2D eigenvalue weighted by molar-refractivity contribution is 6.00. The Bertz CT molecular complexity index is 508. The van der Waals surface area contributed by atoms with E-state index < -0.39 is 5.60 Å². The molecule has 0 atom stereocenters. The fraction of sp³-hybridized carbons (Fsp3) is 0.385. The normalized spacial score (nSPS) is 16.3. The van der Waals surface area contributed by atoms with Gasteiger partial charge in [-0.2, -0.15) is 0 Å². The van der Waals surface area contributed by atoms with Gasteiger partial charge in [0.2, 0.25) is 0 Å². The Morgan fingerprint density at radius 1 is 1.44 bits per heavy atom. The lowest BCUT2D eigenvalue weighted by atomic mass is 10.0. The summed E-state index contributed by atoms with van der Waals surface area (Å²) in [5.74, 6) is 0.0748. The minimum atomic E-state index is -0.906. The molecular formula is C13H15NO4. The fourth-order valence-corrected chi connectivity index (χ4v) is 1.70. The molecule has 0 fully saturated rings. The van der Waals surface area contributed by atoms with Crippen LogP contribution in [0.15, 0.2) is 18.2 Å². The van der Waals surface area contributed by atoms with Crippen LogP contribution in [-0.2, 0) is 20.7 Å². The Labute approximate surface area is 105 Å². The molecule has 0 aromatic heterocycles. The van der Waals surface area contributed by atoms with E-state index in [-0.39, 0.29) is 18.3 Å². The molecule has 18 heavy (non-hydrogen) atoms. The summed E-state index contributed by atoms with van der Waals surface area (Å²) in [6.07, 6.45) is 0.182. The number of nitrogens with one attached hydrogen (secondary N) is 1. The first-order chi connectivity index (χ1) is 8.42. The van der Waals surface area contributed by atoms with Gasteiger partial charge in [0.1, 0.15) is 5.75 Å². The summed E-state index contributed by atoms with van der Waals surface area (Å²) in [4.78, 5) is 22.9. The van der Waals surface area contributed by atoms with E-state index in [4.69, 9.17) is 4.74 Å². The number of ether oxygens (including phenoxy) is 2. The van der Waals surface area contributed by atoms with Crippen LogP contribution in [0.3, 0.4) is 0 Å². The van der Waals surface area contributed by atoms with Crippen molar-refractivity contribution in [3.63, 3.8) is 0 Å². The Hall–Kier alpha value is -2.04. The highest BCUT2D eigenvalue weighted by atomic mass is 16.5. The van der Waals surface area contributed by atoms with Gasteiger partial charge >= 0.3 is 5.97 Å². The lowest BCUT2D eigenvalue weighted by molar-refractivity contribution is -0.139. The van der Waals surface area contributed by atoms with Gasteiger partial charge in [0, 0.05) is 0 Å². The number of amides is 1. The number of carbonyl (C=O) groups excluding carboxylic acids is 2. The number of hydrogen-bond donors (Lipinski definition) is 1. The maximum Gasteiger partial charge on any atom is 0.309 e. The maximum atomic E-state index is 11.7. The van der Waals surface area contributed by atoms with Crippen LogP contribution in [0.5, 0.6) is 5.75 Å². The number of hydrogen-bond acceptors (Lipinski definition) is 4. The van der Waals surface area contributed by atoms with Crippen molar-refractivity contribution in [2.45, 2.75) is 25.9 Å². The summed E-state index contributed by atoms with van der Waals surface area (Å²) in [7, 11) is 1.35. The topological polar surface area (TPSA) is 64.6 Å². The van der Waals surface area contributed by atoms with Gasteiger partial charge in [-0.25, -0.2) is 0 Å². The fourth-order valence-electron chi connectivity index (χ4n) is 1.70. The molecule has 0 spiro atoms. The van der Waals surface area contributed by atoms with E-state index >= 15 is 0 Å². The van der Waals surface area contributed by atoms with Gasteiger partial charge in [-0.05, 0) is 31.5 Å². The summed E-state index contributed by atoms with van der Waals surface area (Å²) < 4.78 is 10.2. The van der Waals surface area contributed by atoms with E-state index in [1.807, 2.05) is 0 Å². The van der Waals surface area contributed by atoms with Crippen molar-refractivity contribution >= 4 is 17.6 Å². The van der Waals surface area contributed by atoms with E-state index in [2.05, 4.69) is 10.1 Å². The van der Waals surface area contributed by atoms with Crippen molar-refractivity contribution in [2.24, 2.45) is 0 Å². The van der Waals surface area contributed by atoms with E-state index in [9.17, 15) is 9.59 Å². The number of fused-ring (bicyclic) bond motifs is 1. The molecule has 1 aliphatic rings. The van der Waals surface area contributed by atoms with Crippen molar-refractivity contribution in [2.75, 3.05) is 12.4 Å². The standard InChI is InChI=1S/C13H15NO4/c1-13(2)12(16)14-9-5-4-8(6-10(9)18-13)7-11(15)17-3/h4-6H,7H2,1-3H3,(H,14,16). The summed E-state index contributed by atoms with van der Waals surface area (Å²) in [6.45, 7) is 3.39. The van der Waals surface area contributed by atoms with Crippen molar-refractivity contribution in [3.8, 4) is 5.75 Å². The number of esters is 1. The molecule has 0 saturated carbocycles. The highest BCUT2D eigenvalue weighted by Gasteiger charge is 2.35. The molecule has 0 bridgehead atoms. The smallest absolute Gasteiger partial charge is 0.309 e. The van der Waals surface area contributed by atoms with Crippen LogP contribution >= 0.6 is 0 Å². The molecule has 0 unspecified atom stereocenters. The molecule has 1 N–H and O–H groups in total. The van der Waals surface area contributed by atoms with Crippen molar-refractivity contribution in [1.82, 2.24) is 0 Å². The highest BCUT2D eigenvalue weighted by Crippen LogP contribution is 2.34. The zero-order chi connectivity index (χ0) is 13.3. The van der Waals surface area contributed by atoms with Crippen molar-refractivity contribution in [1.29, 1.82) is 0 Å². The predicted molar refractivity (Wildman–Crippen MR) is 65.5 cm³/mol. The van der Waals surface area contributed by atoms with Gasteiger partial charge in [0.15, 0.2) is 5.60 Å². The third kappa shape index (κ3) is 2.30. The summed E-state index contributed by atoms with van der Waals surface area (Å²) in [6, 6.07) is 5.23. The third-order valence-corrected chi connectivity index (χ3v) is 2.78. The van der Waals surface area contributed by atoms with Crippen LogP contribution < -0.4 is 10.1 Å². The first-order valence-electron chi connectivity index (χ1n) is 5.62. The van der Waals surface area contributed by atoms with Gasteiger partial charge in [-0.1, -0.05) is 6.07 Å². The summed E-state index contributed by atoms with van der Waals surface area (Å²) in [5, 5.41) is 2.76.